The van der Waals surface area contributed by atoms with Crippen LogP contribution in [0.3, 0.4) is 0 Å². The highest BCUT2D eigenvalue weighted by Gasteiger charge is 2.31. The Bertz CT molecular complexity index is 931. The molecule has 3 rings (SSSR count). The van der Waals surface area contributed by atoms with Gasteiger partial charge < -0.3 is 5.32 Å². The van der Waals surface area contributed by atoms with E-state index in [9.17, 15) is 9.59 Å². The summed E-state index contributed by atoms with van der Waals surface area (Å²) in [7, 11) is 0. The predicted molar refractivity (Wildman–Crippen MR) is 125 cm³/mol. The normalized spacial score (nSPS) is 15.2. The number of rotatable bonds is 8. The number of nitrogens with zero attached hydrogens (tertiary/aromatic N) is 1. The van der Waals surface area contributed by atoms with Crippen molar-refractivity contribution in [2.75, 3.05) is 11.9 Å². The van der Waals surface area contributed by atoms with Gasteiger partial charge in [0, 0.05) is 23.7 Å². The van der Waals surface area contributed by atoms with Crippen LogP contribution in [0.25, 0.3) is 6.08 Å². The standard InChI is InChI=1S/C22H21ClN2O2S2/c23-17-10-7-11-18(15-17)24-20(26)12-5-2-6-13-25-21(27)19(29-22(25)28)14-16-8-3-1-4-9-16/h1,3-4,7-11,14-15H,2,5-6,12-13H2,(H,24,26). The van der Waals surface area contributed by atoms with E-state index in [0.29, 0.717) is 32.9 Å². The lowest BCUT2D eigenvalue weighted by atomic mass is 10.1. The molecule has 0 radical (unpaired) electrons. The number of benzene rings is 2. The summed E-state index contributed by atoms with van der Waals surface area (Å²) >= 11 is 12.6. The van der Waals surface area contributed by atoms with Gasteiger partial charge in [-0.3, -0.25) is 14.5 Å². The topological polar surface area (TPSA) is 49.4 Å². The second kappa shape index (κ2) is 10.6. The fraction of sp³-hybridized carbons (Fsp3) is 0.227. The molecule has 1 fully saturated rings. The largest absolute Gasteiger partial charge is 0.326 e. The third kappa shape index (κ3) is 6.42. The van der Waals surface area contributed by atoms with Crippen molar-refractivity contribution < 1.29 is 9.59 Å². The fourth-order valence-corrected chi connectivity index (χ4v) is 4.41. The van der Waals surface area contributed by atoms with Crippen molar-refractivity contribution in [2.24, 2.45) is 0 Å². The molecule has 0 atom stereocenters. The van der Waals surface area contributed by atoms with E-state index in [2.05, 4.69) is 5.32 Å². The van der Waals surface area contributed by atoms with Crippen molar-refractivity contribution in [3.63, 3.8) is 0 Å². The van der Waals surface area contributed by atoms with Crippen molar-refractivity contribution >= 4 is 63.5 Å². The van der Waals surface area contributed by atoms with Gasteiger partial charge in [-0.1, -0.05) is 78.4 Å². The summed E-state index contributed by atoms with van der Waals surface area (Å²) in [4.78, 5) is 26.9. The number of carbonyl (C=O) groups is 2. The number of unbranched alkanes of at least 4 members (excludes halogenated alkanes) is 2. The first-order valence-electron chi connectivity index (χ1n) is 9.39. The van der Waals surface area contributed by atoms with E-state index in [1.54, 1.807) is 23.1 Å². The second-order valence-corrected chi connectivity index (χ2v) is 8.73. The van der Waals surface area contributed by atoms with Gasteiger partial charge in [0.25, 0.3) is 5.91 Å². The first kappa shape index (κ1) is 21.6. The molecule has 4 nitrogen and oxygen atoms in total. The van der Waals surface area contributed by atoms with Crippen LogP contribution in [0.5, 0.6) is 0 Å². The number of anilines is 1. The minimum atomic E-state index is -0.0393. The molecular formula is C22H21ClN2O2S2. The maximum absolute atomic E-state index is 12.6. The molecule has 0 aromatic heterocycles. The fourth-order valence-electron chi connectivity index (χ4n) is 2.92. The van der Waals surface area contributed by atoms with Crippen molar-refractivity contribution in [1.82, 2.24) is 4.90 Å². The zero-order valence-electron chi connectivity index (χ0n) is 15.8. The monoisotopic (exact) mass is 444 g/mol. The van der Waals surface area contributed by atoms with Gasteiger partial charge in [0.2, 0.25) is 5.91 Å². The first-order chi connectivity index (χ1) is 14.0. The predicted octanol–water partition coefficient (Wildman–Crippen LogP) is 5.74. The highest BCUT2D eigenvalue weighted by atomic mass is 35.5. The smallest absolute Gasteiger partial charge is 0.266 e. The van der Waals surface area contributed by atoms with Crippen LogP contribution in [0.1, 0.15) is 31.2 Å². The molecule has 0 spiro atoms. The Morgan fingerprint density at radius 1 is 1.10 bits per heavy atom. The van der Waals surface area contributed by atoms with Crippen LogP contribution in [0.15, 0.2) is 59.5 Å². The van der Waals surface area contributed by atoms with Crippen LogP contribution in [-0.4, -0.2) is 27.6 Å². The summed E-state index contributed by atoms with van der Waals surface area (Å²) in [5, 5.41) is 3.43. The number of carbonyl (C=O) groups excluding carboxylic acids is 2. The summed E-state index contributed by atoms with van der Waals surface area (Å²) in [6.45, 7) is 0.576. The molecule has 1 aliphatic heterocycles. The lowest BCUT2D eigenvalue weighted by molar-refractivity contribution is -0.122. The minimum absolute atomic E-state index is 0.0383. The highest BCUT2D eigenvalue weighted by Crippen LogP contribution is 2.32. The van der Waals surface area contributed by atoms with Crippen molar-refractivity contribution in [1.29, 1.82) is 0 Å². The Labute approximate surface area is 185 Å². The summed E-state index contributed by atoms with van der Waals surface area (Å²) in [6, 6.07) is 16.8. The second-order valence-electron chi connectivity index (χ2n) is 6.61. The number of halogens is 1. The summed E-state index contributed by atoms with van der Waals surface area (Å²) in [5.41, 5.74) is 1.68. The molecule has 2 amide bonds. The summed E-state index contributed by atoms with van der Waals surface area (Å²) in [6.07, 6.45) is 4.70. The van der Waals surface area contributed by atoms with Crippen LogP contribution in [0.4, 0.5) is 5.69 Å². The number of amides is 2. The first-order valence-corrected chi connectivity index (χ1v) is 11.0. The Kier molecular flexibility index (Phi) is 7.86. The maximum atomic E-state index is 12.6. The molecule has 7 heteroatoms. The van der Waals surface area contributed by atoms with E-state index < -0.39 is 0 Å². The summed E-state index contributed by atoms with van der Waals surface area (Å²) in [5.74, 6) is -0.0776. The molecular weight excluding hydrogens is 424 g/mol. The Balaban J connectivity index is 1.40. The van der Waals surface area contributed by atoms with Gasteiger partial charge in [-0.15, -0.1) is 0 Å². The van der Waals surface area contributed by atoms with Crippen molar-refractivity contribution in [3.05, 3.63) is 70.1 Å². The Hall–Kier alpha value is -2.15. The van der Waals surface area contributed by atoms with Crippen LogP contribution in [-0.2, 0) is 9.59 Å². The molecule has 0 aliphatic carbocycles. The van der Waals surface area contributed by atoms with E-state index in [-0.39, 0.29) is 11.8 Å². The molecule has 0 saturated carbocycles. The van der Waals surface area contributed by atoms with Gasteiger partial charge in [0.05, 0.1) is 4.91 Å². The van der Waals surface area contributed by atoms with Gasteiger partial charge in [-0.05, 0) is 42.7 Å². The van der Waals surface area contributed by atoms with Crippen LogP contribution < -0.4 is 5.32 Å². The average molecular weight is 445 g/mol. The molecule has 1 N–H and O–H groups in total. The third-order valence-corrected chi connectivity index (χ3v) is 5.98. The highest BCUT2D eigenvalue weighted by molar-refractivity contribution is 8.26. The lowest BCUT2D eigenvalue weighted by Gasteiger charge is -2.14. The molecule has 2 aromatic carbocycles. The van der Waals surface area contributed by atoms with Crippen molar-refractivity contribution in [2.45, 2.75) is 25.7 Å². The number of hydrogen-bond acceptors (Lipinski definition) is 4. The average Bonchev–Trinajstić information content (AvgIpc) is 2.95. The van der Waals surface area contributed by atoms with E-state index >= 15 is 0 Å². The number of thioether (sulfide) groups is 1. The zero-order valence-corrected chi connectivity index (χ0v) is 18.2. The summed E-state index contributed by atoms with van der Waals surface area (Å²) < 4.78 is 0.593. The van der Waals surface area contributed by atoms with Gasteiger partial charge in [-0.2, -0.15) is 0 Å². The van der Waals surface area contributed by atoms with Crippen molar-refractivity contribution in [3.8, 4) is 0 Å². The molecule has 0 bridgehead atoms. The quantitative estimate of drug-likeness (QED) is 0.320. The van der Waals surface area contributed by atoms with Gasteiger partial charge in [-0.25, -0.2) is 0 Å². The third-order valence-electron chi connectivity index (χ3n) is 4.36. The molecule has 29 heavy (non-hydrogen) atoms. The molecule has 0 unspecified atom stereocenters. The Morgan fingerprint density at radius 2 is 1.90 bits per heavy atom. The lowest BCUT2D eigenvalue weighted by Crippen LogP contribution is -2.29. The van der Waals surface area contributed by atoms with Crippen LogP contribution in [0, 0.1) is 0 Å². The molecule has 150 valence electrons. The number of thiocarbonyl (C=S) groups is 1. The van der Waals surface area contributed by atoms with Gasteiger partial charge >= 0.3 is 0 Å². The maximum Gasteiger partial charge on any atom is 0.266 e. The number of hydrogen-bond donors (Lipinski definition) is 1. The SMILES string of the molecule is O=C(CCCCCN1C(=O)C(=Cc2ccccc2)SC1=S)Nc1cccc(Cl)c1. The minimum Gasteiger partial charge on any atom is -0.326 e. The molecule has 1 heterocycles. The van der Waals surface area contributed by atoms with Gasteiger partial charge in [0.1, 0.15) is 4.32 Å². The Morgan fingerprint density at radius 3 is 2.66 bits per heavy atom. The molecule has 1 saturated heterocycles. The van der Waals surface area contributed by atoms with E-state index in [1.807, 2.05) is 42.5 Å². The van der Waals surface area contributed by atoms with E-state index in [1.165, 1.54) is 11.8 Å². The van der Waals surface area contributed by atoms with Crippen LogP contribution >= 0.6 is 35.6 Å². The van der Waals surface area contributed by atoms with E-state index in [0.717, 1.165) is 24.8 Å². The van der Waals surface area contributed by atoms with Gasteiger partial charge in [0.15, 0.2) is 0 Å². The van der Waals surface area contributed by atoms with E-state index in [4.69, 9.17) is 23.8 Å². The number of nitrogens with one attached hydrogen (secondary N) is 1. The molecule has 1 aliphatic rings. The zero-order chi connectivity index (χ0) is 20.6. The molecule has 2 aromatic rings. The van der Waals surface area contributed by atoms with Crippen LogP contribution in [0.2, 0.25) is 5.02 Å².